The first-order valence-electron chi connectivity index (χ1n) is 9.61. The number of nitrogens with one attached hydrogen (secondary N) is 1. The summed E-state index contributed by atoms with van der Waals surface area (Å²) in [7, 11) is 0. The van der Waals surface area contributed by atoms with Gasteiger partial charge in [0.25, 0.3) is 0 Å². The monoisotopic (exact) mass is 390 g/mol. The molecule has 3 aromatic rings. The molecule has 0 saturated carbocycles. The zero-order valence-corrected chi connectivity index (χ0v) is 16.2. The van der Waals surface area contributed by atoms with E-state index in [4.69, 9.17) is 0 Å². The molecule has 2 amide bonds. The van der Waals surface area contributed by atoms with Crippen molar-refractivity contribution in [3.63, 3.8) is 0 Å². The van der Waals surface area contributed by atoms with Gasteiger partial charge in [-0.15, -0.1) is 0 Å². The van der Waals surface area contributed by atoms with Crippen molar-refractivity contribution in [2.24, 2.45) is 0 Å². The fourth-order valence-electron chi connectivity index (χ4n) is 3.39. The summed E-state index contributed by atoms with van der Waals surface area (Å²) in [4.78, 5) is 35.0. The van der Waals surface area contributed by atoms with E-state index in [0.29, 0.717) is 12.2 Å². The van der Waals surface area contributed by atoms with Gasteiger partial charge in [0.2, 0.25) is 11.8 Å². The maximum atomic E-state index is 12.6. The van der Waals surface area contributed by atoms with E-state index in [-0.39, 0.29) is 24.7 Å². The Labute approximate surface area is 168 Å². The van der Waals surface area contributed by atoms with E-state index in [2.05, 4.69) is 20.4 Å². The Bertz CT molecular complexity index is 1010. The maximum absolute atomic E-state index is 12.6. The number of aryl methyl sites for hydroxylation is 2. The zero-order valence-electron chi connectivity index (χ0n) is 16.2. The molecule has 0 unspecified atom stereocenters. The second kappa shape index (κ2) is 8.22. The van der Waals surface area contributed by atoms with Gasteiger partial charge in [0.05, 0.1) is 23.3 Å². The van der Waals surface area contributed by atoms with E-state index in [0.717, 1.165) is 35.7 Å². The number of aromatic nitrogens is 4. The van der Waals surface area contributed by atoms with Gasteiger partial charge < -0.3 is 5.32 Å². The van der Waals surface area contributed by atoms with Crippen LogP contribution in [0.3, 0.4) is 0 Å². The van der Waals surface area contributed by atoms with Gasteiger partial charge >= 0.3 is 0 Å². The lowest BCUT2D eigenvalue weighted by atomic mass is 10.2. The minimum absolute atomic E-state index is 0.0638. The van der Waals surface area contributed by atoms with E-state index in [1.807, 2.05) is 35.9 Å². The SMILES string of the molecule is Cc1cc2n(n1)CCCN2C(=O)CCC(=O)Nc1ccc(-c2cccnc2)nc1. The highest BCUT2D eigenvalue weighted by atomic mass is 16.2. The topological polar surface area (TPSA) is 93.0 Å². The third kappa shape index (κ3) is 4.31. The summed E-state index contributed by atoms with van der Waals surface area (Å²) in [6.07, 6.45) is 6.18. The first-order chi connectivity index (χ1) is 14.1. The van der Waals surface area contributed by atoms with Crippen LogP contribution >= 0.6 is 0 Å². The van der Waals surface area contributed by atoms with Crippen LogP contribution in [0.1, 0.15) is 25.0 Å². The Hall–Kier alpha value is -3.55. The van der Waals surface area contributed by atoms with Crippen molar-refractivity contribution in [2.75, 3.05) is 16.8 Å². The number of hydrogen-bond donors (Lipinski definition) is 1. The van der Waals surface area contributed by atoms with Gasteiger partial charge in [0.15, 0.2) is 0 Å². The molecule has 148 valence electrons. The van der Waals surface area contributed by atoms with Crippen LogP contribution < -0.4 is 10.2 Å². The molecule has 29 heavy (non-hydrogen) atoms. The molecule has 0 aromatic carbocycles. The molecule has 0 atom stereocenters. The third-order valence-electron chi connectivity index (χ3n) is 4.78. The van der Waals surface area contributed by atoms with Crippen molar-refractivity contribution in [1.29, 1.82) is 0 Å². The van der Waals surface area contributed by atoms with Crippen LogP contribution in [0.25, 0.3) is 11.3 Å². The average Bonchev–Trinajstić information content (AvgIpc) is 3.13. The number of carbonyl (C=O) groups is 2. The molecule has 3 aromatic heterocycles. The van der Waals surface area contributed by atoms with Crippen molar-refractivity contribution >= 4 is 23.3 Å². The summed E-state index contributed by atoms with van der Waals surface area (Å²) in [6, 6.07) is 9.30. The number of fused-ring (bicyclic) bond motifs is 1. The van der Waals surface area contributed by atoms with Crippen LogP contribution in [0.4, 0.5) is 11.5 Å². The second-order valence-corrected chi connectivity index (χ2v) is 6.99. The van der Waals surface area contributed by atoms with Crippen molar-refractivity contribution in [2.45, 2.75) is 32.7 Å². The van der Waals surface area contributed by atoms with Crippen LogP contribution in [0.2, 0.25) is 0 Å². The molecule has 0 fully saturated rings. The summed E-state index contributed by atoms with van der Waals surface area (Å²) < 4.78 is 1.85. The predicted molar refractivity (Wildman–Crippen MR) is 109 cm³/mol. The molecule has 8 heteroatoms. The summed E-state index contributed by atoms with van der Waals surface area (Å²) in [6.45, 7) is 3.38. The van der Waals surface area contributed by atoms with Crippen LogP contribution in [0.5, 0.6) is 0 Å². The molecular weight excluding hydrogens is 368 g/mol. The Morgan fingerprint density at radius 2 is 2.03 bits per heavy atom. The lowest BCUT2D eigenvalue weighted by molar-refractivity contribution is -0.122. The number of amides is 2. The first kappa shape index (κ1) is 18.8. The zero-order chi connectivity index (χ0) is 20.2. The summed E-state index contributed by atoms with van der Waals surface area (Å²) in [5.74, 6) is 0.538. The van der Waals surface area contributed by atoms with Crippen LogP contribution in [0, 0.1) is 6.92 Å². The lowest BCUT2D eigenvalue weighted by Crippen LogP contribution is -2.37. The van der Waals surface area contributed by atoms with Crippen LogP contribution in [-0.2, 0) is 16.1 Å². The molecular formula is C21H22N6O2. The van der Waals surface area contributed by atoms with Gasteiger partial charge in [-0.25, -0.2) is 4.68 Å². The van der Waals surface area contributed by atoms with Gasteiger partial charge in [0, 0.05) is 50.0 Å². The van der Waals surface area contributed by atoms with Crippen LogP contribution in [0.15, 0.2) is 48.9 Å². The van der Waals surface area contributed by atoms with E-state index in [1.54, 1.807) is 29.6 Å². The highest BCUT2D eigenvalue weighted by Gasteiger charge is 2.24. The van der Waals surface area contributed by atoms with Crippen molar-refractivity contribution < 1.29 is 9.59 Å². The Kier molecular flexibility index (Phi) is 5.33. The number of rotatable bonds is 5. The van der Waals surface area contributed by atoms with Gasteiger partial charge in [-0.05, 0) is 37.6 Å². The Balaban J connectivity index is 1.32. The highest BCUT2D eigenvalue weighted by molar-refractivity contribution is 5.97. The first-order valence-corrected chi connectivity index (χ1v) is 9.61. The fraction of sp³-hybridized carbons (Fsp3) is 0.286. The quantitative estimate of drug-likeness (QED) is 0.723. The molecule has 1 aliphatic heterocycles. The van der Waals surface area contributed by atoms with Gasteiger partial charge in [-0.2, -0.15) is 5.10 Å². The number of anilines is 2. The Morgan fingerprint density at radius 3 is 2.79 bits per heavy atom. The van der Waals surface area contributed by atoms with Crippen molar-refractivity contribution in [3.8, 4) is 11.3 Å². The maximum Gasteiger partial charge on any atom is 0.228 e. The fourth-order valence-corrected chi connectivity index (χ4v) is 3.39. The third-order valence-corrected chi connectivity index (χ3v) is 4.78. The average molecular weight is 390 g/mol. The molecule has 1 aliphatic rings. The summed E-state index contributed by atoms with van der Waals surface area (Å²) in [5.41, 5.74) is 3.18. The minimum Gasteiger partial charge on any atom is -0.325 e. The molecule has 4 rings (SSSR count). The molecule has 1 N–H and O–H groups in total. The number of pyridine rings is 2. The standard InChI is InChI=1S/C21H22N6O2/c1-15-12-20-26(10-3-11-27(20)25-15)21(29)8-7-19(28)24-17-5-6-18(23-14-17)16-4-2-9-22-13-16/h2,4-6,9,12-14H,3,7-8,10-11H2,1H3,(H,24,28). The molecule has 0 bridgehead atoms. The normalized spacial score (nSPS) is 13.1. The van der Waals surface area contributed by atoms with Gasteiger partial charge in [-0.1, -0.05) is 0 Å². The van der Waals surface area contributed by atoms with Crippen molar-refractivity contribution in [3.05, 3.63) is 54.6 Å². The Morgan fingerprint density at radius 1 is 1.14 bits per heavy atom. The highest BCUT2D eigenvalue weighted by Crippen LogP contribution is 2.23. The number of nitrogens with zero attached hydrogens (tertiary/aromatic N) is 5. The molecule has 8 nitrogen and oxygen atoms in total. The van der Waals surface area contributed by atoms with E-state index in [1.165, 1.54) is 0 Å². The molecule has 0 radical (unpaired) electrons. The number of hydrogen-bond acceptors (Lipinski definition) is 5. The predicted octanol–water partition coefficient (Wildman–Crippen LogP) is 2.80. The summed E-state index contributed by atoms with van der Waals surface area (Å²) in [5, 5.41) is 7.19. The molecule has 0 spiro atoms. The van der Waals surface area contributed by atoms with E-state index in [9.17, 15) is 9.59 Å². The van der Waals surface area contributed by atoms with E-state index < -0.39 is 0 Å². The largest absolute Gasteiger partial charge is 0.325 e. The summed E-state index contributed by atoms with van der Waals surface area (Å²) >= 11 is 0. The second-order valence-electron chi connectivity index (χ2n) is 6.99. The smallest absolute Gasteiger partial charge is 0.228 e. The van der Waals surface area contributed by atoms with Gasteiger partial charge in [0.1, 0.15) is 5.82 Å². The van der Waals surface area contributed by atoms with Crippen molar-refractivity contribution in [1.82, 2.24) is 19.7 Å². The molecule has 0 aliphatic carbocycles. The van der Waals surface area contributed by atoms with E-state index >= 15 is 0 Å². The van der Waals surface area contributed by atoms with Crippen LogP contribution in [-0.4, -0.2) is 38.1 Å². The van der Waals surface area contributed by atoms with Gasteiger partial charge in [-0.3, -0.25) is 24.5 Å². The minimum atomic E-state index is -0.212. The lowest BCUT2D eigenvalue weighted by Gasteiger charge is -2.27. The molecule has 0 saturated heterocycles. The molecule has 4 heterocycles. The number of carbonyl (C=O) groups excluding carboxylic acids is 2.